The fourth-order valence-corrected chi connectivity index (χ4v) is 5.44. The fourth-order valence-electron chi connectivity index (χ4n) is 5.44. The molecule has 3 aliphatic heterocycles. The minimum Gasteiger partial charge on any atom is -0.363 e. The van der Waals surface area contributed by atoms with Crippen molar-refractivity contribution in [3.8, 4) is 0 Å². The number of benzene rings is 1. The lowest BCUT2D eigenvalue weighted by molar-refractivity contribution is -0.138. The molecule has 9 heteroatoms. The third-order valence-electron chi connectivity index (χ3n) is 7.28. The normalized spacial score (nSPS) is 21.8. The van der Waals surface area contributed by atoms with Crippen LogP contribution in [0.4, 0.5) is 24.8 Å². The van der Waals surface area contributed by atoms with Crippen LogP contribution in [0.5, 0.6) is 0 Å². The number of aryl methyl sites for hydroxylation is 1. The number of piperidine rings is 2. The zero-order valence-electron chi connectivity index (χ0n) is 19.8. The van der Waals surface area contributed by atoms with E-state index in [1.165, 1.54) is 19.4 Å². The van der Waals surface area contributed by atoms with Gasteiger partial charge in [-0.1, -0.05) is 12.1 Å². The molecule has 2 bridgehead atoms. The van der Waals surface area contributed by atoms with E-state index >= 15 is 0 Å². The second kappa shape index (κ2) is 8.37. The minimum atomic E-state index is -4.39. The third-order valence-corrected chi connectivity index (χ3v) is 7.28. The maximum absolute atomic E-state index is 13.4. The lowest BCUT2D eigenvalue weighted by Crippen LogP contribution is -2.61. The van der Waals surface area contributed by atoms with Crippen LogP contribution in [0.25, 0.3) is 10.9 Å². The van der Waals surface area contributed by atoms with Crippen LogP contribution in [-0.4, -0.2) is 52.1 Å². The number of halogens is 3. The molecule has 5 heterocycles. The Labute approximate surface area is 197 Å². The minimum absolute atomic E-state index is 0.223. The summed E-state index contributed by atoms with van der Waals surface area (Å²) in [6.07, 6.45) is -0.262. The predicted octanol–water partition coefficient (Wildman–Crippen LogP) is 5.12. The largest absolute Gasteiger partial charge is 0.416 e. The van der Waals surface area contributed by atoms with Gasteiger partial charge in [-0.05, 0) is 63.9 Å². The van der Waals surface area contributed by atoms with Crippen LogP contribution >= 0.6 is 0 Å². The number of likely N-dealkylation sites (N-methyl/N-ethyl adjacent to an activating group) is 1. The van der Waals surface area contributed by atoms with Crippen molar-refractivity contribution in [2.45, 2.75) is 57.9 Å². The van der Waals surface area contributed by atoms with Crippen molar-refractivity contribution in [3.63, 3.8) is 0 Å². The molecule has 3 aromatic rings. The van der Waals surface area contributed by atoms with Gasteiger partial charge in [-0.15, -0.1) is 0 Å². The number of anilines is 2. The first-order valence-corrected chi connectivity index (χ1v) is 11.7. The molecule has 0 spiro atoms. The molecule has 6 nitrogen and oxygen atoms in total. The summed E-state index contributed by atoms with van der Waals surface area (Å²) in [7, 11) is 2.18. The molecular formula is C25H29F3N6. The van der Waals surface area contributed by atoms with Crippen LogP contribution in [0.2, 0.25) is 0 Å². The molecular weight excluding hydrogens is 441 g/mol. The van der Waals surface area contributed by atoms with Gasteiger partial charge in [0.2, 0.25) is 0 Å². The van der Waals surface area contributed by atoms with Gasteiger partial charge in [0.1, 0.15) is 17.5 Å². The fraction of sp³-hybridized carbons (Fsp3) is 0.480. The van der Waals surface area contributed by atoms with Crippen LogP contribution in [0.1, 0.15) is 48.3 Å². The first-order chi connectivity index (χ1) is 16.1. The van der Waals surface area contributed by atoms with Gasteiger partial charge in [0, 0.05) is 30.6 Å². The summed E-state index contributed by atoms with van der Waals surface area (Å²) in [5.41, 5.74) is 0.913. The van der Waals surface area contributed by atoms with Gasteiger partial charge in [0.25, 0.3) is 0 Å². The number of alkyl halides is 3. The summed E-state index contributed by atoms with van der Waals surface area (Å²) in [5.74, 6) is 2.08. The Morgan fingerprint density at radius 3 is 2.53 bits per heavy atom. The highest BCUT2D eigenvalue weighted by molar-refractivity contribution is 5.90. The summed E-state index contributed by atoms with van der Waals surface area (Å²) in [4.78, 5) is 18.7. The Hall–Kier alpha value is -2.94. The highest BCUT2D eigenvalue weighted by Gasteiger charge is 2.38. The average Bonchev–Trinajstić information content (AvgIpc) is 2.78. The topological polar surface area (TPSA) is 57.2 Å². The van der Waals surface area contributed by atoms with Crippen molar-refractivity contribution >= 4 is 22.5 Å². The summed E-state index contributed by atoms with van der Waals surface area (Å²) in [6.45, 7) is 7.14. The van der Waals surface area contributed by atoms with Gasteiger partial charge in [0.05, 0.1) is 23.3 Å². The van der Waals surface area contributed by atoms with E-state index in [9.17, 15) is 13.2 Å². The van der Waals surface area contributed by atoms with Crippen LogP contribution in [0.15, 0.2) is 30.5 Å². The highest BCUT2D eigenvalue weighted by atomic mass is 19.4. The smallest absolute Gasteiger partial charge is 0.363 e. The highest BCUT2D eigenvalue weighted by Crippen LogP contribution is 2.36. The number of rotatable bonds is 4. The summed E-state index contributed by atoms with van der Waals surface area (Å²) < 4.78 is 40.3. The third kappa shape index (κ3) is 4.06. The molecule has 180 valence electrons. The average molecular weight is 471 g/mol. The lowest BCUT2D eigenvalue weighted by atomic mass is 9.91. The number of hydrogen-bond acceptors (Lipinski definition) is 6. The van der Waals surface area contributed by atoms with E-state index in [1.807, 2.05) is 13.0 Å². The van der Waals surface area contributed by atoms with E-state index < -0.39 is 11.7 Å². The lowest BCUT2D eigenvalue weighted by Gasteiger charge is -2.50. The number of nitrogens with one attached hydrogen (secondary N) is 1. The second-order valence-electron chi connectivity index (χ2n) is 9.54. The number of aromatic nitrogens is 3. The van der Waals surface area contributed by atoms with Crippen molar-refractivity contribution in [1.82, 2.24) is 19.9 Å². The number of piperazine rings is 1. The quantitative estimate of drug-likeness (QED) is 0.572. The van der Waals surface area contributed by atoms with Crippen LogP contribution in [-0.2, 0) is 6.18 Å². The van der Waals surface area contributed by atoms with Crippen LogP contribution < -0.4 is 10.2 Å². The molecule has 0 radical (unpaired) electrons. The Balaban J connectivity index is 1.50. The Kier molecular flexibility index (Phi) is 5.62. The molecule has 0 amide bonds. The van der Waals surface area contributed by atoms with E-state index in [1.54, 1.807) is 19.2 Å². The molecule has 1 unspecified atom stereocenters. The molecule has 0 saturated carbocycles. The first kappa shape index (κ1) is 22.8. The van der Waals surface area contributed by atoms with E-state index in [0.29, 0.717) is 34.8 Å². The Bertz CT molecular complexity index is 1230. The monoisotopic (exact) mass is 470 g/mol. The van der Waals surface area contributed by atoms with E-state index in [4.69, 9.17) is 4.98 Å². The number of hydrogen-bond donors (Lipinski definition) is 1. The SMILES string of the molecule is Cc1nc(N[C@H](C)c2cccc(C(F)(F)F)c2C)c2cc(N3C[C@H]4CCC3CN4C)ncc2n1. The van der Waals surface area contributed by atoms with Gasteiger partial charge in [-0.25, -0.2) is 15.0 Å². The number of nitrogens with zero attached hydrogens (tertiary/aromatic N) is 5. The van der Waals surface area contributed by atoms with Crippen LogP contribution in [0, 0.1) is 13.8 Å². The van der Waals surface area contributed by atoms with Gasteiger partial charge in [-0.2, -0.15) is 13.2 Å². The molecule has 34 heavy (non-hydrogen) atoms. The molecule has 1 N–H and O–H groups in total. The number of fused-ring (bicyclic) bond motifs is 4. The van der Waals surface area contributed by atoms with Gasteiger partial charge in [0.15, 0.2) is 0 Å². The van der Waals surface area contributed by atoms with E-state index in [0.717, 1.165) is 36.8 Å². The molecule has 3 aliphatic rings. The standard InChI is InChI=1S/C25H29F3N6/c1-14-19(6-5-7-21(14)25(26,27)28)15(2)30-24-20-10-23(29-11-22(20)31-16(3)32-24)34-13-17-8-9-18(34)12-33(17)4/h5-7,10-11,15,17-18H,8-9,12-13H2,1-4H3,(H,30,31,32)/t15-,17-,18?/m1/s1. The van der Waals surface area contributed by atoms with Crippen molar-refractivity contribution in [3.05, 3.63) is 53.0 Å². The maximum Gasteiger partial charge on any atom is 0.416 e. The predicted molar refractivity (Wildman–Crippen MR) is 127 cm³/mol. The summed E-state index contributed by atoms with van der Waals surface area (Å²) in [5, 5.41) is 4.18. The van der Waals surface area contributed by atoms with Crippen molar-refractivity contribution < 1.29 is 13.2 Å². The molecule has 1 aromatic carbocycles. The Morgan fingerprint density at radius 1 is 1.09 bits per heavy atom. The van der Waals surface area contributed by atoms with Crippen molar-refractivity contribution in [2.75, 3.05) is 30.4 Å². The molecule has 3 saturated heterocycles. The molecule has 0 aliphatic carbocycles. The molecule has 3 fully saturated rings. The Morgan fingerprint density at radius 2 is 1.85 bits per heavy atom. The zero-order valence-corrected chi connectivity index (χ0v) is 19.8. The maximum atomic E-state index is 13.4. The van der Waals surface area contributed by atoms with Gasteiger partial charge < -0.3 is 10.2 Å². The zero-order chi connectivity index (χ0) is 24.2. The first-order valence-electron chi connectivity index (χ1n) is 11.7. The molecule has 6 rings (SSSR count). The van der Waals surface area contributed by atoms with E-state index in [2.05, 4.69) is 32.1 Å². The van der Waals surface area contributed by atoms with Gasteiger partial charge in [-0.3, -0.25) is 4.90 Å². The van der Waals surface area contributed by atoms with E-state index in [-0.39, 0.29) is 11.6 Å². The number of pyridine rings is 1. The van der Waals surface area contributed by atoms with Crippen LogP contribution in [0.3, 0.4) is 0 Å². The second-order valence-corrected chi connectivity index (χ2v) is 9.54. The van der Waals surface area contributed by atoms with Gasteiger partial charge >= 0.3 is 6.18 Å². The summed E-state index contributed by atoms with van der Waals surface area (Å²) in [6, 6.07) is 6.90. The van der Waals surface area contributed by atoms with Crippen molar-refractivity contribution in [1.29, 1.82) is 0 Å². The molecule has 3 atom stereocenters. The summed E-state index contributed by atoms with van der Waals surface area (Å²) >= 11 is 0. The van der Waals surface area contributed by atoms with Crippen molar-refractivity contribution in [2.24, 2.45) is 0 Å². The molecule has 2 aromatic heterocycles.